The molecule has 25 heavy (non-hydrogen) atoms. The first-order valence-corrected chi connectivity index (χ1v) is 7.74. The maximum absolute atomic E-state index is 13.6. The molecule has 0 aliphatic heterocycles. The van der Waals surface area contributed by atoms with E-state index in [0.29, 0.717) is 12.2 Å². The van der Waals surface area contributed by atoms with Crippen LogP contribution in [-0.2, 0) is 4.79 Å². The van der Waals surface area contributed by atoms with Crippen molar-refractivity contribution in [1.82, 2.24) is 5.32 Å². The van der Waals surface area contributed by atoms with Gasteiger partial charge in [0.2, 0.25) is 5.91 Å². The summed E-state index contributed by atoms with van der Waals surface area (Å²) in [4.78, 5) is 22.1. The Morgan fingerprint density at radius 3 is 2.68 bits per heavy atom. The van der Waals surface area contributed by atoms with Crippen LogP contribution in [0.3, 0.4) is 0 Å². The van der Waals surface area contributed by atoms with E-state index in [9.17, 15) is 19.3 Å². The number of nitrogens with zero attached hydrogens (tertiary/aromatic N) is 1. The molecule has 1 amide bonds. The lowest BCUT2D eigenvalue weighted by atomic mass is 10.2. The lowest BCUT2D eigenvalue weighted by molar-refractivity contribution is -0.384. The first kappa shape index (κ1) is 18.4. The van der Waals surface area contributed by atoms with E-state index in [2.05, 4.69) is 10.6 Å². The molecular weight excluding hydrogens is 349 g/mol. The number of nitro groups is 1. The highest BCUT2D eigenvalue weighted by atomic mass is 35.5. The van der Waals surface area contributed by atoms with Crippen LogP contribution in [-0.4, -0.2) is 23.9 Å². The van der Waals surface area contributed by atoms with Gasteiger partial charge >= 0.3 is 0 Å². The molecule has 0 atom stereocenters. The third-order valence-corrected chi connectivity index (χ3v) is 3.57. The molecule has 0 saturated heterocycles. The molecule has 0 aliphatic carbocycles. The summed E-state index contributed by atoms with van der Waals surface area (Å²) in [5.41, 5.74) is 0.468. The molecule has 0 aromatic heterocycles. The quantitative estimate of drug-likeness (QED) is 0.340. The standard InChI is InChI=1S/C17H15ClFN3O3/c18-13-4-3-5-14(19)12(13)8-9-17(23)21-11-10-20-15-6-1-2-7-16(15)22(24)25/h1-9,20H,10-11H2,(H,21,23)/b9-8+. The van der Waals surface area contributed by atoms with Gasteiger partial charge in [-0.3, -0.25) is 14.9 Å². The molecule has 2 N–H and O–H groups in total. The van der Waals surface area contributed by atoms with Gasteiger partial charge in [0.25, 0.3) is 5.69 Å². The number of para-hydroxylation sites is 2. The van der Waals surface area contributed by atoms with Crippen molar-refractivity contribution < 1.29 is 14.1 Å². The van der Waals surface area contributed by atoms with Gasteiger partial charge in [-0.1, -0.05) is 29.8 Å². The van der Waals surface area contributed by atoms with E-state index in [4.69, 9.17) is 11.6 Å². The monoisotopic (exact) mass is 363 g/mol. The molecule has 6 nitrogen and oxygen atoms in total. The summed E-state index contributed by atoms with van der Waals surface area (Å²) in [5.74, 6) is -0.946. The number of amides is 1. The minimum Gasteiger partial charge on any atom is -0.378 e. The summed E-state index contributed by atoms with van der Waals surface area (Å²) in [6.07, 6.45) is 2.47. The maximum atomic E-state index is 13.6. The Morgan fingerprint density at radius 2 is 1.96 bits per heavy atom. The zero-order valence-electron chi connectivity index (χ0n) is 13.0. The zero-order valence-corrected chi connectivity index (χ0v) is 13.8. The summed E-state index contributed by atoms with van der Waals surface area (Å²) in [7, 11) is 0. The van der Waals surface area contributed by atoms with Crippen molar-refractivity contribution in [2.75, 3.05) is 18.4 Å². The Kier molecular flexibility index (Phi) is 6.47. The van der Waals surface area contributed by atoms with Crippen LogP contribution in [0.25, 0.3) is 6.08 Å². The van der Waals surface area contributed by atoms with Crippen LogP contribution >= 0.6 is 11.6 Å². The Balaban J connectivity index is 1.83. The number of rotatable bonds is 7. The normalized spacial score (nSPS) is 10.6. The van der Waals surface area contributed by atoms with Gasteiger partial charge in [0.15, 0.2) is 0 Å². The predicted octanol–water partition coefficient (Wildman–Crippen LogP) is 3.63. The molecule has 0 radical (unpaired) electrons. The molecule has 0 bridgehead atoms. The third-order valence-electron chi connectivity index (χ3n) is 3.24. The molecule has 130 valence electrons. The van der Waals surface area contributed by atoms with E-state index in [-0.39, 0.29) is 22.8 Å². The highest BCUT2D eigenvalue weighted by Crippen LogP contribution is 2.22. The van der Waals surface area contributed by atoms with Crippen LogP contribution in [0.4, 0.5) is 15.8 Å². The molecule has 0 unspecified atom stereocenters. The summed E-state index contributed by atoms with van der Waals surface area (Å²) < 4.78 is 13.6. The van der Waals surface area contributed by atoms with Gasteiger partial charge in [0.05, 0.1) is 9.95 Å². The maximum Gasteiger partial charge on any atom is 0.292 e. The van der Waals surface area contributed by atoms with Crippen LogP contribution < -0.4 is 10.6 Å². The summed E-state index contributed by atoms with van der Waals surface area (Å²) >= 11 is 5.86. The van der Waals surface area contributed by atoms with Crippen molar-refractivity contribution >= 4 is 35.0 Å². The Morgan fingerprint density at radius 1 is 1.20 bits per heavy atom. The summed E-state index contributed by atoms with van der Waals surface area (Å²) in [5, 5.41) is 16.6. The molecule has 8 heteroatoms. The van der Waals surface area contributed by atoms with Crippen molar-refractivity contribution in [3.63, 3.8) is 0 Å². The largest absolute Gasteiger partial charge is 0.378 e. The molecule has 0 aliphatic rings. The van der Waals surface area contributed by atoms with E-state index < -0.39 is 16.6 Å². The van der Waals surface area contributed by atoms with Crippen molar-refractivity contribution in [3.8, 4) is 0 Å². The third kappa shape index (κ3) is 5.29. The topological polar surface area (TPSA) is 84.3 Å². The van der Waals surface area contributed by atoms with Gasteiger partial charge in [-0.05, 0) is 24.3 Å². The van der Waals surface area contributed by atoms with Crippen LogP contribution in [0.5, 0.6) is 0 Å². The molecular formula is C17H15ClFN3O3. The van der Waals surface area contributed by atoms with Gasteiger partial charge < -0.3 is 10.6 Å². The van der Waals surface area contributed by atoms with E-state index in [0.717, 1.165) is 0 Å². The van der Waals surface area contributed by atoms with Gasteiger partial charge in [0.1, 0.15) is 11.5 Å². The predicted molar refractivity (Wildman–Crippen MR) is 95.0 cm³/mol. The van der Waals surface area contributed by atoms with Gasteiger partial charge in [-0.15, -0.1) is 0 Å². The molecule has 0 saturated carbocycles. The van der Waals surface area contributed by atoms with Gasteiger partial charge in [-0.2, -0.15) is 0 Å². The second-order valence-electron chi connectivity index (χ2n) is 4.96. The number of nitrogens with one attached hydrogen (secondary N) is 2. The van der Waals surface area contributed by atoms with Crippen molar-refractivity contribution in [3.05, 3.63) is 75.1 Å². The minimum absolute atomic E-state index is 0.0390. The zero-order chi connectivity index (χ0) is 18.2. The van der Waals surface area contributed by atoms with Crippen LogP contribution in [0, 0.1) is 15.9 Å². The fraction of sp³-hybridized carbons (Fsp3) is 0.118. The lowest BCUT2D eigenvalue weighted by Gasteiger charge is -2.07. The van der Waals surface area contributed by atoms with Gasteiger partial charge in [-0.25, -0.2) is 4.39 Å². The average molecular weight is 364 g/mol. The van der Waals surface area contributed by atoms with E-state index in [1.807, 2.05) is 0 Å². The lowest BCUT2D eigenvalue weighted by Crippen LogP contribution is -2.27. The number of carbonyl (C=O) groups excluding carboxylic acids is 1. The number of carbonyl (C=O) groups is 1. The molecule has 0 spiro atoms. The van der Waals surface area contributed by atoms with Crippen LogP contribution in [0.15, 0.2) is 48.5 Å². The van der Waals surface area contributed by atoms with Crippen molar-refractivity contribution in [2.45, 2.75) is 0 Å². The molecule has 2 rings (SSSR count). The molecule has 2 aromatic carbocycles. The Labute approximate surface area is 148 Å². The number of hydrogen-bond acceptors (Lipinski definition) is 4. The van der Waals surface area contributed by atoms with Crippen LogP contribution in [0.2, 0.25) is 5.02 Å². The Hall–Kier alpha value is -2.93. The number of halogens is 2. The number of benzene rings is 2. The van der Waals surface area contributed by atoms with E-state index >= 15 is 0 Å². The fourth-order valence-corrected chi connectivity index (χ4v) is 2.28. The fourth-order valence-electron chi connectivity index (χ4n) is 2.05. The van der Waals surface area contributed by atoms with Gasteiger partial charge in [0, 0.05) is 30.8 Å². The van der Waals surface area contributed by atoms with Crippen molar-refractivity contribution in [1.29, 1.82) is 0 Å². The smallest absolute Gasteiger partial charge is 0.292 e. The highest BCUT2D eigenvalue weighted by molar-refractivity contribution is 6.32. The number of hydrogen-bond donors (Lipinski definition) is 2. The second kappa shape index (κ2) is 8.79. The number of anilines is 1. The Bertz CT molecular complexity index is 791. The van der Waals surface area contributed by atoms with E-state index in [1.54, 1.807) is 18.2 Å². The average Bonchev–Trinajstić information content (AvgIpc) is 2.58. The summed E-state index contributed by atoms with van der Waals surface area (Å²) in [6, 6.07) is 10.5. The second-order valence-corrected chi connectivity index (χ2v) is 5.37. The van der Waals surface area contributed by atoms with E-state index in [1.165, 1.54) is 36.4 Å². The summed E-state index contributed by atoms with van der Waals surface area (Å²) in [6.45, 7) is 0.533. The molecule has 0 heterocycles. The number of nitro benzene ring substituents is 1. The minimum atomic E-state index is -0.519. The first-order valence-electron chi connectivity index (χ1n) is 7.36. The van der Waals surface area contributed by atoms with Crippen molar-refractivity contribution in [2.24, 2.45) is 0 Å². The first-order chi connectivity index (χ1) is 12.0. The SMILES string of the molecule is O=C(/C=C/c1c(F)cccc1Cl)NCCNc1ccccc1[N+](=O)[O-]. The highest BCUT2D eigenvalue weighted by Gasteiger charge is 2.11. The van der Waals surface area contributed by atoms with Crippen LogP contribution in [0.1, 0.15) is 5.56 Å². The molecule has 2 aromatic rings. The molecule has 0 fully saturated rings.